The first-order valence-electron chi connectivity index (χ1n) is 10.5. The lowest BCUT2D eigenvalue weighted by molar-refractivity contribution is -0.128. The van der Waals surface area contributed by atoms with Crippen molar-refractivity contribution in [3.63, 3.8) is 0 Å². The number of nitrogens with one attached hydrogen (secondary N) is 1. The summed E-state index contributed by atoms with van der Waals surface area (Å²) in [4.78, 5) is 32.1. The van der Waals surface area contributed by atoms with Gasteiger partial charge in [0.2, 0.25) is 5.91 Å². The summed E-state index contributed by atoms with van der Waals surface area (Å²) in [5.74, 6) is 0.999. The number of aryl methyl sites for hydroxylation is 1. The van der Waals surface area contributed by atoms with E-state index in [4.69, 9.17) is 14.2 Å². The number of carbonyl (C=O) groups excluding carboxylic acids is 2. The van der Waals surface area contributed by atoms with E-state index in [1.165, 1.54) is 12.0 Å². The first-order chi connectivity index (χ1) is 15.9. The number of hydrogen-bond donors (Lipinski definition) is 1. The lowest BCUT2D eigenvalue weighted by Gasteiger charge is -2.34. The summed E-state index contributed by atoms with van der Waals surface area (Å²) in [5.41, 5.74) is 2.67. The van der Waals surface area contributed by atoms with Crippen molar-refractivity contribution in [3.05, 3.63) is 46.8 Å². The molecule has 1 aromatic heterocycles. The molecule has 2 heterocycles. The van der Waals surface area contributed by atoms with E-state index in [1.54, 1.807) is 36.6 Å². The Morgan fingerprint density at radius 3 is 2.70 bits per heavy atom. The molecule has 0 aliphatic carbocycles. The zero-order valence-electron chi connectivity index (χ0n) is 18.9. The molecule has 1 aliphatic heterocycles. The molecule has 0 radical (unpaired) electrons. The van der Waals surface area contributed by atoms with Crippen LogP contribution in [0.1, 0.15) is 18.4 Å². The summed E-state index contributed by atoms with van der Waals surface area (Å²) in [7, 11) is 3.07. The van der Waals surface area contributed by atoms with Crippen molar-refractivity contribution in [1.29, 1.82) is 0 Å². The second kappa shape index (κ2) is 9.50. The Labute approximate surface area is 196 Å². The van der Waals surface area contributed by atoms with Gasteiger partial charge < -0.3 is 19.5 Å². The summed E-state index contributed by atoms with van der Waals surface area (Å²) in [6.45, 7) is 3.64. The Kier molecular flexibility index (Phi) is 6.50. The molecule has 0 bridgehead atoms. The third-order valence-electron chi connectivity index (χ3n) is 5.33. The van der Waals surface area contributed by atoms with E-state index in [9.17, 15) is 9.59 Å². The minimum absolute atomic E-state index is 0.175. The van der Waals surface area contributed by atoms with Gasteiger partial charge in [0.1, 0.15) is 23.8 Å². The highest BCUT2D eigenvalue weighted by molar-refractivity contribution is 7.09. The Morgan fingerprint density at radius 2 is 2.03 bits per heavy atom. The van der Waals surface area contributed by atoms with Gasteiger partial charge in [-0.15, -0.1) is 11.3 Å². The number of amides is 2. The molecule has 0 fully saturated rings. The van der Waals surface area contributed by atoms with Crippen LogP contribution in [0, 0.1) is 6.92 Å². The maximum absolute atomic E-state index is 13.1. The van der Waals surface area contributed by atoms with Gasteiger partial charge in [0.05, 0.1) is 36.3 Å². The number of rotatable bonds is 7. The summed E-state index contributed by atoms with van der Waals surface area (Å²) < 4.78 is 16.5. The highest BCUT2D eigenvalue weighted by Gasteiger charge is 2.35. The number of anilines is 2. The number of thiazole rings is 1. The molecule has 0 saturated heterocycles. The molecule has 172 valence electrons. The molecular weight excluding hydrogens is 442 g/mol. The standard InChI is InChI=1S/C24H25N3O5S/c1-5-20-24(29)27(12-23(28)26-17-11-16(30-3)7-9-21(17)31-4)19-10-15(6-8-22(19)32-20)18-13-33-14(2)25-18/h6-11,13,20H,5,12H2,1-4H3,(H,26,28). The molecule has 1 atom stereocenters. The number of fused-ring (bicyclic) bond motifs is 1. The van der Waals surface area contributed by atoms with Crippen LogP contribution in [0.2, 0.25) is 0 Å². The molecule has 3 aromatic rings. The zero-order valence-corrected chi connectivity index (χ0v) is 19.7. The molecule has 9 heteroatoms. The largest absolute Gasteiger partial charge is 0.497 e. The van der Waals surface area contributed by atoms with Crippen LogP contribution in [0.3, 0.4) is 0 Å². The first-order valence-corrected chi connectivity index (χ1v) is 11.4. The fraction of sp³-hybridized carbons (Fsp3) is 0.292. The van der Waals surface area contributed by atoms with Crippen molar-refractivity contribution in [1.82, 2.24) is 4.98 Å². The molecule has 0 spiro atoms. The van der Waals surface area contributed by atoms with Gasteiger partial charge in [0.15, 0.2) is 6.10 Å². The fourth-order valence-corrected chi connectivity index (χ4v) is 4.27. The number of carbonyl (C=O) groups is 2. The van der Waals surface area contributed by atoms with Crippen molar-refractivity contribution < 1.29 is 23.8 Å². The molecule has 8 nitrogen and oxygen atoms in total. The van der Waals surface area contributed by atoms with E-state index in [0.29, 0.717) is 35.0 Å². The Hall–Kier alpha value is -3.59. The number of nitrogens with zero attached hydrogens (tertiary/aromatic N) is 2. The number of hydrogen-bond acceptors (Lipinski definition) is 7. The topological polar surface area (TPSA) is 90.0 Å². The van der Waals surface area contributed by atoms with E-state index in [0.717, 1.165) is 16.3 Å². The molecule has 33 heavy (non-hydrogen) atoms. The summed E-state index contributed by atoms with van der Waals surface area (Å²) >= 11 is 1.55. The van der Waals surface area contributed by atoms with Crippen LogP contribution >= 0.6 is 11.3 Å². The Bertz CT molecular complexity index is 1190. The minimum atomic E-state index is -0.649. The third-order valence-corrected chi connectivity index (χ3v) is 6.10. The minimum Gasteiger partial charge on any atom is -0.497 e. The van der Waals surface area contributed by atoms with Crippen LogP contribution in [0.4, 0.5) is 11.4 Å². The predicted octanol–water partition coefficient (Wildman–Crippen LogP) is 4.28. The fourth-order valence-electron chi connectivity index (χ4n) is 3.65. The Balaban J connectivity index is 1.64. The highest BCUT2D eigenvalue weighted by atomic mass is 32.1. The van der Waals surface area contributed by atoms with Gasteiger partial charge in [-0.05, 0) is 43.7 Å². The highest BCUT2D eigenvalue weighted by Crippen LogP contribution is 2.38. The van der Waals surface area contributed by atoms with Crippen LogP contribution in [0.5, 0.6) is 17.2 Å². The van der Waals surface area contributed by atoms with Gasteiger partial charge in [0.25, 0.3) is 5.91 Å². The molecule has 2 aromatic carbocycles. The number of benzene rings is 2. The van der Waals surface area contributed by atoms with Crippen LogP contribution in [-0.2, 0) is 9.59 Å². The van der Waals surface area contributed by atoms with Crippen LogP contribution in [0.25, 0.3) is 11.3 Å². The Morgan fingerprint density at radius 1 is 1.21 bits per heavy atom. The second-order valence-electron chi connectivity index (χ2n) is 7.49. The normalized spacial score (nSPS) is 15.0. The average Bonchev–Trinajstić information content (AvgIpc) is 3.26. The molecular formula is C24H25N3O5S. The lowest BCUT2D eigenvalue weighted by atomic mass is 10.1. The quantitative estimate of drug-likeness (QED) is 0.558. The summed E-state index contributed by atoms with van der Waals surface area (Å²) in [6, 6.07) is 10.7. The third kappa shape index (κ3) is 4.63. The van der Waals surface area contributed by atoms with Gasteiger partial charge in [-0.25, -0.2) is 4.98 Å². The van der Waals surface area contributed by atoms with Gasteiger partial charge in [-0.3, -0.25) is 14.5 Å². The second-order valence-corrected chi connectivity index (χ2v) is 8.55. The van der Waals surface area contributed by atoms with Gasteiger partial charge in [-0.1, -0.05) is 6.92 Å². The van der Waals surface area contributed by atoms with E-state index < -0.39 is 6.10 Å². The lowest BCUT2D eigenvalue weighted by Crippen LogP contribution is -2.48. The summed E-state index contributed by atoms with van der Waals surface area (Å²) in [6.07, 6.45) is -0.156. The van der Waals surface area contributed by atoms with Crippen molar-refractivity contribution in [2.45, 2.75) is 26.4 Å². The predicted molar refractivity (Wildman–Crippen MR) is 128 cm³/mol. The van der Waals surface area contributed by atoms with E-state index in [1.807, 2.05) is 37.4 Å². The van der Waals surface area contributed by atoms with Crippen molar-refractivity contribution in [2.75, 3.05) is 31.0 Å². The van der Waals surface area contributed by atoms with Gasteiger partial charge >= 0.3 is 0 Å². The first kappa shape index (κ1) is 22.6. The smallest absolute Gasteiger partial charge is 0.268 e. The maximum Gasteiger partial charge on any atom is 0.268 e. The monoisotopic (exact) mass is 467 g/mol. The SMILES string of the molecule is CCC1Oc2ccc(-c3csc(C)n3)cc2N(CC(=O)Nc2cc(OC)ccc2OC)C1=O. The number of methoxy groups -OCH3 is 2. The van der Waals surface area contributed by atoms with Gasteiger partial charge in [-0.2, -0.15) is 0 Å². The molecule has 1 N–H and O–H groups in total. The van der Waals surface area contributed by atoms with Crippen molar-refractivity contribution >= 4 is 34.5 Å². The average molecular weight is 468 g/mol. The molecule has 4 rings (SSSR count). The van der Waals surface area contributed by atoms with Crippen LogP contribution in [-0.4, -0.2) is 43.7 Å². The van der Waals surface area contributed by atoms with Crippen LogP contribution in [0.15, 0.2) is 41.8 Å². The number of ether oxygens (including phenoxy) is 3. The van der Waals surface area contributed by atoms with Crippen molar-refractivity contribution in [3.8, 4) is 28.5 Å². The van der Waals surface area contributed by atoms with Gasteiger partial charge in [0, 0.05) is 17.0 Å². The van der Waals surface area contributed by atoms with E-state index in [2.05, 4.69) is 10.3 Å². The molecule has 1 unspecified atom stereocenters. The van der Waals surface area contributed by atoms with E-state index in [-0.39, 0.29) is 18.4 Å². The van der Waals surface area contributed by atoms with Crippen molar-refractivity contribution in [2.24, 2.45) is 0 Å². The maximum atomic E-state index is 13.1. The molecule has 0 saturated carbocycles. The zero-order chi connectivity index (χ0) is 23.5. The molecule has 1 aliphatic rings. The number of aromatic nitrogens is 1. The molecule has 2 amide bonds. The van der Waals surface area contributed by atoms with Crippen LogP contribution < -0.4 is 24.4 Å². The summed E-state index contributed by atoms with van der Waals surface area (Å²) in [5, 5.41) is 5.74. The van der Waals surface area contributed by atoms with E-state index >= 15 is 0 Å².